The van der Waals surface area contributed by atoms with E-state index in [9.17, 15) is 0 Å². The van der Waals surface area contributed by atoms with Crippen LogP contribution in [0.5, 0.6) is 11.5 Å². The van der Waals surface area contributed by atoms with Gasteiger partial charge in [0.15, 0.2) is 0 Å². The highest BCUT2D eigenvalue weighted by molar-refractivity contribution is 6.99. The quantitative estimate of drug-likeness (QED) is 0.144. The Kier molecular flexibility index (Phi) is 5.98. The maximum Gasteiger partial charge on any atom is 0.256 e. The average Bonchev–Trinajstić information content (AvgIpc) is 3.35. The molecule has 1 saturated carbocycles. The highest BCUT2D eigenvalue weighted by Gasteiger charge is 2.61. The first-order valence-electron chi connectivity index (χ1n) is 17.6. The molecule has 232 valence electrons. The molecule has 2 atom stereocenters. The molecule has 3 aliphatic heterocycles. The number of para-hydroxylation sites is 1. The summed E-state index contributed by atoms with van der Waals surface area (Å²) in [5, 5.41) is 0. The second-order valence-corrected chi connectivity index (χ2v) is 14.7. The summed E-state index contributed by atoms with van der Waals surface area (Å²) in [5.74, 6) is 2.15. The fourth-order valence-electron chi connectivity index (χ4n) is 9.88. The van der Waals surface area contributed by atoms with Gasteiger partial charge in [0.05, 0.1) is 5.54 Å². The Balaban J connectivity index is 1.06. The van der Waals surface area contributed by atoms with Gasteiger partial charge in [-0.05, 0) is 87.7 Å². The van der Waals surface area contributed by atoms with E-state index in [0.717, 1.165) is 11.5 Å². The van der Waals surface area contributed by atoms with E-state index < -0.39 is 0 Å². The summed E-state index contributed by atoms with van der Waals surface area (Å²) in [6.07, 6.45) is 5.03. The van der Waals surface area contributed by atoms with Gasteiger partial charge in [0.25, 0.3) is 6.71 Å². The van der Waals surface area contributed by atoms with Crippen LogP contribution in [0.2, 0.25) is 0 Å². The zero-order valence-electron chi connectivity index (χ0n) is 27.6. The summed E-state index contributed by atoms with van der Waals surface area (Å²) < 4.78 is 6.86. The van der Waals surface area contributed by atoms with Gasteiger partial charge < -0.3 is 9.64 Å². The number of hydrogen-bond donors (Lipinski definition) is 0. The van der Waals surface area contributed by atoms with Gasteiger partial charge in [-0.15, -0.1) is 0 Å². The molecular formula is C45H38BNO. The fourth-order valence-corrected chi connectivity index (χ4v) is 9.88. The monoisotopic (exact) mass is 619 g/mol. The van der Waals surface area contributed by atoms with Crippen LogP contribution in [0.3, 0.4) is 0 Å². The predicted octanol–water partition coefficient (Wildman–Crippen LogP) is 9.21. The van der Waals surface area contributed by atoms with Crippen molar-refractivity contribution in [3.8, 4) is 22.6 Å². The molecule has 6 aromatic rings. The highest BCUT2D eigenvalue weighted by Crippen LogP contribution is 2.61. The lowest BCUT2D eigenvalue weighted by molar-refractivity contribution is 0.195. The van der Waals surface area contributed by atoms with Crippen molar-refractivity contribution < 1.29 is 4.74 Å². The third-order valence-electron chi connectivity index (χ3n) is 12.4. The molecule has 48 heavy (non-hydrogen) atoms. The minimum Gasteiger partial charge on any atom is -0.458 e. The van der Waals surface area contributed by atoms with E-state index in [4.69, 9.17) is 4.74 Å². The summed E-state index contributed by atoms with van der Waals surface area (Å²) >= 11 is 0. The zero-order valence-corrected chi connectivity index (χ0v) is 27.6. The second-order valence-electron chi connectivity index (χ2n) is 14.7. The Morgan fingerprint density at radius 2 is 1.27 bits per heavy atom. The zero-order chi connectivity index (χ0) is 32.0. The van der Waals surface area contributed by atoms with Crippen LogP contribution < -0.4 is 26.0 Å². The van der Waals surface area contributed by atoms with Gasteiger partial charge in [0.1, 0.15) is 11.5 Å². The van der Waals surface area contributed by atoms with Crippen LogP contribution in [0.15, 0.2) is 140 Å². The molecule has 0 amide bonds. The van der Waals surface area contributed by atoms with Gasteiger partial charge in [0.2, 0.25) is 0 Å². The maximum absolute atomic E-state index is 6.86. The van der Waals surface area contributed by atoms with Crippen molar-refractivity contribution >= 4 is 34.5 Å². The molecule has 6 aromatic carbocycles. The molecule has 3 heteroatoms. The molecular weight excluding hydrogens is 581 g/mol. The van der Waals surface area contributed by atoms with E-state index >= 15 is 0 Å². The van der Waals surface area contributed by atoms with Crippen LogP contribution >= 0.6 is 0 Å². The number of hydrogen-bond acceptors (Lipinski definition) is 2. The van der Waals surface area contributed by atoms with Crippen molar-refractivity contribution in [2.24, 2.45) is 0 Å². The molecule has 3 heterocycles. The van der Waals surface area contributed by atoms with Crippen molar-refractivity contribution in [3.05, 3.63) is 162 Å². The molecule has 0 bridgehead atoms. The minimum atomic E-state index is 0.0557. The number of rotatable bonds is 4. The molecule has 0 spiro atoms. The predicted molar refractivity (Wildman–Crippen MR) is 200 cm³/mol. The molecule has 0 radical (unpaired) electrons. The fraction of sp³-hybridized carbons (Fsp3) is 0.200. The minimum absolute atomic E-state index is 0.0557. The lowest BCUT2D eigenvalue weighted by atomic mass is 9.34. The molecule has 10 rings (SSSR count). The van der Waals surface area contributed by atoms with Crippen LogP contribution in [0.4, 0.5) is 11.4 Å². The highest BCUT2D eigenvalue weighted by atomic mass is 16.5. The Morgan fingerprint density at radius 3 is 2.02 bits per heavy atom. The summed E-state index contributed by atoms with van der Waals surface area (Å²) in [7, 11) is 0. The van der Waals surface area contributed by atoms with Crippen LogP contribution in [-0.4, -0.2) is 12.3 Å². The average molecular weight is 620 g/mol. The van der Waals surface area contributed by atoms with Gasteiger partial charge in [-0.3, -0.25) is 0 Å². The Morgan fingerprint density at radius 1 is 0.604 bits per heavy atom. The number of benzene rings is 6. The van der Waals surface area contributed by atoms with Crippen molar-refractivity contribution in [2.75, 3.05) is 4.90 Å². The third kappa shape index (κ3) is 3.76. The normalized spacial score (nSPS) is 21.2. The topological polar surface area (TPSA) is 12.5 Å². The molecule has 2 unspecified atom stereocenters. The number of fused-ring (bicyclic) bond motifs is 7. The first kappa shape index (κ1) is 28.0. The standard InChI is InChI=1S/C45H38BNO/c1-44-27-9-10-28-45(44,2)47-38-19-12-20-39-42(38)46(37-18-11-17-35(44)43(37)47)36-26-25-34(29-40(36)48-39)30-21-23-33(24-22-30)41(31-13-5-3-6-14-31)32-15-7-4-8-16-32/h3-8,11-26,29,41H,9-10,27-28H2,1-2H3. The van der Waals surface area contributed by atoms with Crippen molar-refractivity contribution in [1.29, 1.82) is 0 Å². The molecule has 0 N–H and O–H groups in total. The molecule has 4 aliphatic rings. The van der Waals surface area contributed by atoms with Crippen molar-refractivity contribution in [3.63, 3.8) is 0 Å². The first-order chi connectivity index (χ1) is 23.5. The van der Waals surface area contributed by atoms with E-state index in [-0.39, 0.29) is 23.6 Å². The van der Waals surface area contributed by atoms with E-state index in [1.165, 1.54) is 86.8 Å². The Labute approximate surface area is 284 Å². The third-order valence-corrected chi connectivity index (χ3v) is 12.4. The number of nitrogens with zero attached hydrogens (tertiary/aromatic N) is 1. The molecule has 0 saturated heterocycles. The van der Waals surface area contributed by atoms with Crippen LogP contribution in [-0.2, 0) is 5.41 Å². The summed E-state index contributed by atoms with van der Waals surface area (Å²) in [6.45, 7) is 5.21. The van der Waals surface area contributed by atoms with Crippen LogP contribution in [0, 0.1) is 0 Å². The number of ether oxygens (including phenoxy) is 1. The lowest BCUT2D eigenvalue weighted by Gasteiger charge is -2.52. The van der Waals surface area contributed by atoms with Gasteiger partial charge in [-0.1, -0.05) is 141 Å². The van der Waals surface area contributed by atoms with Gasteiger partial charge in [-0.2, -0.15) is 0 Å². The summed E-state index contributed by atoms with van der Waals surface area (Å²) in [6, 6.07) is 51.5. The Hall–Kier alpha value is -5.02. The second kappa shape index (κ2) is 10.2. The van der Waals surface area contributed by atoms with E-state index in [1.54, 1.807) is 0 Å². The van der Waals surface area contributed by atoms with E-state index in [0.29, 0.717) is 0 Å². The lowest BCUT2D eigenvalue weighted by Crippen LogP contribution is -2.63. The maximum atomic E-state index is 6.86. The van der Waals surface area contributed by atoms with Crippen molar-refractivity contribution in [2.45, 2.75) is 56.4 Å². The number of anilines is 2. The van der Waals surface area contributed by atoms with Gasteiger partial charge in [0, 0.05) is 22.7 Å². The SMILES string of the molecule is CC12CCCCC1(C)N1c3cccc4c3B(c3ccc(-c5ccc(C(c6ccccc6)c6ccccc6)cc5)cc3O4)c3cccc2c31. The Bertz CT molecular complexity index is 2170. The van der Waals surface area contributed by atoms with Crippen LogP contribution in [0.1, 0.15) is 67.7 Å². The summed E-state index contributed by atoms with van der Waals surface area (Å²) in [5.41, 5.74) is 14.8. The molecule has 0 aromatic heterocycles. The van der Waals surface area contributed by atoms with Crippen molar-refractivity contribution in [1.82, 2.24) is 0 Å². The first-order valence-corrected chi connectivity index (χ1v) is 17.6. The molecule has 1 aliphatic carbocycles. The van der Waals surface area contributed by atoms with Gasteiger partial charge in [-0.25, -0.2) is 0 Å². The van der Waals surface area contributed by atoms with Crippen LogP contribution in [0.25, 0.3) is 11.1 Å². The van der Waals surface area contributed by atoms with E-state index in [2.05, 4.69) is 158 Å². The molecule has 1 fully saturated rings. The van der Waals surface area contributed by atoms with Gasteiger partial charge >= 0.3 is 0 Å². The molecule has 2 nitrogen and oxygen atoms in total. The largest absolute Gasteiger partial charge is 0.458 e. The summed E-state index contributed by atoms with van der Waals surface area (Å²) in [4.78, 5) is 2.73. The van der Waals surface area contributed by atoms with E-state index in [1.807, 2.05) is 0 Å². The smallest absolute Gasteiger partial charge is 0.256 e.